The van der Waals surface area contributed by atoms with Crippen LogP contribution in [0.15, 0.2) is 94.9 Å². The SMILES string of the molecule is COc1ccc(/C=N/NC(=O)CCN(c2ccccc2)S(=O)(=O)c2ccccc2)cc1. The molecule has 3 rings (SSSR count). The number of hydrazone groups is 1. The van der Waals surface area contributed by atoms with Crippen molar-refractivity contribution in [2.24, 2.45) is 5.10 Å². The van der Waals surface area contributed by atoms with Crippen LogP contribution in [0, 0.1) is 0 Å². The molecule has 0 heterocycles. The second-order valence-electron chi connectivity index (χ2n) is 6.54. The van der Waals surface area contributed by atoms with Crippen LogP contribution in [0.2, 0.25) is 0 Å². The number of nitrogens with one attached hydrogen (secondary N) is 1. The Balaban J connectivity index is 1.67. The molecule has 160 valence electrons. The number of rotatable bonds is 9. The zero-order valence-corrected chi connectivity index (χ0v) is 17.8. The lowest BCUT2D eigenvalue weighted by molar-refractivity contribution is -0.120. The van der Waals surface area contributed by atoms with Gasteiger partial charge in [0.15, 0.2) is 0 Å². The van der Waals surface area contributed by atoms with E-state index in [1.807, 2.05) is 0 Å². The van der Waals surface area contributed by atoms with Crippen LogP contribution in [0.1, 0.15) is 12.0 Å². The quantitative estimate of drug-likeness (QED) is 0.410. The van der Waals surface area contributed by atoms with Crippen LogP contribution in [0.4, 0.5) is 5.69 Å². The number of methoxy groups -OCH3 is 1. The largest absolute Gasteiger partial charge is 0.497 e. The number of anilines is 1. The molecule has 0 unspecified atom stereocenters. The van der Waals surface area contributed by atoms with Crippen molar-refractivity contribution >= 4 is 27.8 Å². The third-order valence-corrected chi connectivity index (χ3v) is 6.28. The number of para-hydroxylation sites is 1. The van der Waals surface area contributed by atoms with Crippen molar-refractivity contribution in [1.82, 2.24) is 5.43 Å². The van der Waals surface area contributed by atoms with Gasteiger partial charge in [-0.3, -0.25) is 9.10 Å². The molecule has 0 saturated heterocycles. The predicted molar refractivity (Wildman–Crippen MR) is 121 cm³/mol. The van der Waals surface area contributed by atoms with Crippen molar-refractivity contribution in [2.45, 2.75) is 11.3 Å². The normalized spacial score (nSPS) is 11.3. The molecule has 0 saturated carbocycles. The van der Waals surface area contributed by atoms with Crippen molar-refractivity contribution in [3.63, 3.8) is 0 Å². The molecular weight excluding hydrogens is 414 g/mol. The molecule has 3 aromatic rings. The lowest BCUT2D eigenvalue weighted by Crippen LogP contribution is -2.34. The zero-order chi connectivity index (χ0) is 22.1. The molecule has 1 amide bonds. The first-order valence-electron chi connectivity index (χ1n) is 9.59. The molecule has 1 N–H and O–H groups in total. The fourth-order valence-corrected chi connectivity index (χ4v) is 4.32. The summed E-state index contributed by atoms with van der Waals surface area (Å²) in [4.78, 5) is 12.4. The molecule has 0 radical (unpaired) electrons. The van der Waals surface area contributed by atoms with Gasteiger partial charge in [0, 0.05) is 13.0 Å². The number of carbonyl (C=O) groups is 1. The van der Waals surface area contributed by atoms with Crippen LogP contribution in [0.5, 0.6) is 5.75 Å². The summed E-state index contributed by atoms with van der Waals surface area (Å²) in [5, 5.41) is 3.93. The van der Waals surface area contributed by atoms with Crippen molar-refractivity contribution in [3.05, 3.63) is 90.5 Å². The van der Waals surface area contributed by atoms with E-state index in [1.54, 1.807) is 79.9 Å². The Hall–Kier alpha value is -3.65. The van der Waals surface area contributed by atoms with Crippen molar-refractivity contribution in [3.8, 4) is 5.75 Å². The van der Waals surface area contributed by atoms with Crippen molar-refractivity contribution < 1.29 is 17.9 Å². The van der Waals surface area contributed by atoms with Crippen LogP contribution in [0.3, 0.4) is 0 Å². The van der Waals surface area contributed by atoms with E-state index in [0.717, 1.165) is 11.3 Å². The minimum atomic E-state index is -3.82. The van der Waals surface area contributed by atoms with Crippen molar-refractivity contribution in [1.29, 1.82) is 0 Å². The lowest BCUT2D eigenvalue weighted by Gasteiger charge is -2.24. The second kappa shape index (κ2) is 10.4. The molecule has 0 aliphatic carbocycles. The Kier molecular flexibility index (Phi) is 7.40. The average molecular weight is 438 g/mol. The van der Waals surface area contributed by atoms with E-state index in [2.05, 4.69) is 10.5 Å². The Morgan fingerprint density at radius 3 is 2.19 bits per heavy atom. The summed E-state index contributed by atoms with van der Waals surface area (Å²) >= 11 is 0. The van der Waals surface area contributed by atoms with Crippen LogP contribution in [0.25, 0.3) is 0 Å². The van der Waals surface area contributed by atoms with E-state index in [1.165, 1.54) is 22.7 Å². The monoisotopic (exact) mass is 437 g/mol. The number of nitrogens with zero attached hydrogens (tertiary/aromatic N) is 2. The first-order valence-corrected chi connectivity index (χ1v) is 11.0. The molecular formula is C23H23N3O4S. The first kappa shape index (κ1) is 22.0. The molecule has 0 atom stereocenters. The van der Waals surface area contributed by atoms with Gasteiger partial charge in [-0.2, -0.15) is 5.10 Å². The zero-order valence-electron chi connectivity index (χ0n) is 17.0. The standard InChI is InChI=1S/C23H23N3O4S/c1-30-21-14-12-19(13-15-21)18-24-25-23(27)16-17-26(20-8-4-2-5-9-20)31(28,29)22-10-6-3-7-11-22/h2-15,18H,16-17H2,1H3,(H,25,27)/b24-18+. The number of benzene rings is 3. The maximum Gasteiger partial charge on any atom is 0.264 e. The first-order chi connectivity index (χ1) is 15.0. The molecule has 0 aliphatic heterocycles. The highest BCUT2D eigenvalue weighted by atomic mass is 32.2. The van der Waals surface area contributed by atoms with Crippen LogP contribution in [-0.4, -0.2) is 34.2 Å². The fourth-order valence-electron chi connectivity index (χ4n) is 2.83. The summed E-state index contributed by atoms with van der Waals surface area (Å²) in [5.41, 5.74) is 3.71. The van der Waals surface area contributed by atoms with Gasteiger partial charge in [-0.25, -0.2) is 13.8 Å². The molecule has 0 fully saturated rings. The van der Waals surface area contributed by atoms with Gasteiger partial charge in [0.25, 0.3) is 10.0 Å². The summed E-state index contributed by atoms with van der Waals surface area (Å²) in [6, 6.07) is 24.0. The predicted octanol–water partition coefficient (Wildman–Crippen LogP) is 3.43. The smallest absolute Gasteiger partial charge is 0.264 e. The summed E-state index contributed by atoms with van der Waals surface area (Å²) < 4.78 is 32.6. The summed E-state index contributed by atoms with van der Waals surface area (Å²) in [6.45, 7) is -0.0227. The van der Waals surface area contributed by atoms with Crippen molar-refractivity contribution in [2.75, 3.05) is 18.0 Å². The minimum Gasteiger partial charge on any atom is -0.497 e. The Labute approximate surface area is 182 Å². The van der Waals surface area contributed by atoms with Gasteiger partial charge in [0.05, 0.1) is 23.9 Å². The van der Waals surface area contributed by atoms with Gasteiger partial charge < -0.3 is 4.74 Å². The van der Waals surface area contributed by atoms with Gasteiger partial charge in [-0.05, 0) is 54.1 Å². The Bertz CT molecular complexity index is 1120. The van der Waals surface area contributed by atoms with Gasteiger partial charge in [-0.15, -0.1) is 0 Å². The lowest BCUT2D eigenvalue weighted by atomic mass is 10.2. The molecule has 0 aliphatic rings. The topological polar surface area (TPSA) is 88.1 Å². The van der Waals surface area contributed by atoms with E-state index < -0.39 is 15.9 Å². The van der Waals surface area contributed by atoms with Crippen LogP contribution >= 0.6 is 0 Å². The summed E-state index contributed by atoms with van der Waals surface area (Å²) in [5.74, 6) is 0.329. The van der Waals surface area contributed by atoms with E-state index in [9.17, 15) is 13.2 Å². The van der Waals surface area contributed by atoms with Crippen LogP contribution < -0.4 is 14.5 Å². The maximum absolute atomic E-state index is 13.2. The third kappa shape index (κ3) is 5.93. The number of hydrogen-bond acceptors (Lipinski definition) is 5. The van der Waals surface area contributed by atoms with Crippen LogP contribution in [-0.2, 0) is 14.8 Å². The van der Waals surface area contributed by atoms with Gasteiger partial charge in [0.1, 0.15) is 5.75 Å². The van der Waals surface area contributed by atoms with E-state index >= 15 is 0 Å². The minimum absolute atomic E-state index is 0.0227. The highest BCUT2D eigenvalue weighted by Crippen LogP contribution is 2.23. The highest BCUT2D eigenvalue weighted by Gasteiger charge is 2.25. The maximum atomic E-state index is 13.2. The molecule has 0 bridgehead atoms. The molecule has 0 spiro atoms. The Morgan fingerprint density at radius 2 is 1.58 bits per heavy atom. The highest BCUT2D eigenvalue weighted by molar-refractivity contribution is 7.92. The van der Waals surface area contributed by atoms with Gasteiger partial charge in [-0.1, -0.05) is 36.4 Å². The Morgan fingerprint density at radius 1 is 0.968 bits per heavy atom. The van der Waals surface area contributed by atoms with Gasteiger partial charge >= 0.3 is 0 Å². The number of sulfonamides is 1. The van der Waals surface area contributed by atoms with E-state index in [4.69, 9.17) is 4.74 Å². The third-order valence-electron chi connectivity index (χ3n) is 4.44. The molecule has 8 heteroatoms. The molecule has 7 nitrogen and oxygen atoms in total. The molecule has 31 heavy (non-hydrogen) atoms. The number of ether oxygens (including phenoxy) is 1. The molecule has 3 aromatic carbocycles. The van der Waals surface area contributed by atoms with E-state index in [0.29, 0.717) is 5.69 Å². The fraction of sp³-hybridized carbons (Fsp3) is 0.130. The molecule has 0 aromatic heterocycles. The van der Waals surface area contributed by atoms with Gasteiger partial charge in [0.2, 0.25) is 5.91 Å². The second-order valence-corrected chi connectivity index (χ2v) is 8.40. The number of carbonyl (C=O) groups excluding carboxylic acids is 1. The average Bonchev–Trinajstić information content (AvgIpc) is 2.81. The van der Waals surface area contributed by atoms with E-state index in [-0.39, 0.29) is 17.9 Å². The summed E-state index contributed by atoms with van der Waals surface area (Å²) in [7, 11) is -2.23. The summed E-state index contributed by atoms with van der Waals surface area (Å²) in [6.07, 6.45) is 1.45. The number of hydrogen-bond donors (Lipinski definition) is 1. The number of amides is 1.